The third kappa shape index (κ3) is 20.7. The molecule has 0 unspecified atom stereocenters. The van der Waals surface area contributed by atoms with E-state index in [9.17, 15) is 52.7 Å². The van der Waals surface area contributed by atoms with Gasteiger partial charge in [0.15, 0.2) is 0 Å². The molecule has 0 aliphatic carbocycles. The quantitative estimate of drug-likeness (QED) is 0.155. The fourth-order valence-corrected chi connectivity index (χ4v) is 12.9. The number of likely N-dealkylation sites (tertiary alicyclic amines) is 1. The van der Waals surface area contributed by atoms with Crippen molar-refractivity contribution in [3.63, 3.8) is 0 Å². The van der Waals surface area contributed by atoms with Crippen LogP contribution in [0.3, 0.4) is 0 Å². The van der Waals surface area contributed by atoms with E-state index in [4.69, 9.17) is 11.6 Å². The van der Waals surface area contributed by atoms with Crippen molar-refractivity contribution in [2.45, 2.75) is 200 Å². The number of hydrogen-bond acceptors (Lipinski definition) is 12. The van der Waals surface area contributed by atoms with Crippen molar-refractivity contribution in [2.24, 2.45) is 17.8 Å². The van der Waals surface area contributed by atoms with Crippen molar-refractivity contribution in [3.8, 4) is 0 Å². The summed E-state index contributed by atoms with van der Waals surface area (Å²) >= 11 is 8.39. The second-order valence-corrected chi connectivity index (χ2v) is 29.5. The number of nitrogens with one attached hydrogen (secondary N) is 4. The predicted octanol–water partition coefficient (Wildman–Crippen LogP) is 4.81. The number of benzene rings is 2. The first-order valence-corrected chi connectivity index (χ1v) is 34.9. The van der Waals surface area contributed by atoms with Gasteiger partial charge >= 0.3 is 0 Å². The minimum absolute atomic E-state index is 0.0428. The molecule has 2 aromatic carbocycles. The van der Waals surface area contributed by atoms with Crippen molar-refractivity contribution >= 4 is 105 Å². The predicted molar refractivity (Wildman–Crippen MR) is 375 cm³/mol. The van der Waals surface area contributed by atoms with Crippen molar-refractivity contribution in [1.82, 2.24) is 60.5 Å². The van der Waals surface area contributed by atoms with Crippen LogP contribution in [0.1, 0.15) is 138 Å². The summed E-state index contributed by atoms with van der Waals surface area (Å²) in [5.41, 5.74) is 0.0198. The van der Waals surface area contributed by atoms with Gasteiger partial charge in [0.1, 0.15) is 59.9 Å². The second kappa shape index (κ2) is 35.4. The van der Waals surface area contributed by atoms with Gasteiger partial charge in [-0.1, -0.05) is 89.4 Å². The Morgan fingerprint density at radius 1 is 0.656 bits per heavy atom. The molecule has 10 atom stereocenters. The molecule has 3 heterocycles. The van der Waals surface area contributed by atoms with Crippen molar-refractivity contribution in [2.75, 3.05) is 68.5 Å². The van der Waals surface area contributed by atoms with Gasteiger partial charge in [0, 0.05) is 83.4 Å². The molecule has 0 bridgehead atoms. The van der Waals surface area contributed by atoms with Gasteiger partial charge in [0.25, 0.3) is 0 Å². The zero-order chi connectivity index (χ0) is 72.0. The van der Waals surface area contributed by atoms with Crippen LogP contribution < -0.4 is 21.3 Å². The number of nitrogens with zero attached hydrogens (tertiary/aromatic N) is 8. The Hall–Kier alpha value is -7.16. The van der Waals surface area contributed by atoms with Crippen molar-refractivity contribution in [3.05, 3.63) is 80.4 Å². The topological polar surface area (TPSA) is 279 Å². The molecular weight excluding hydrogens is 1360 g/mol. The molecule has 3 aliphatic heterocycles. The van der Waals surface area contributed by atoms with Gasteiger partial charge in [-0.15, -0.1) is 6.58 Å². The molecular formula is C70H104ClIN12O12. The first kappa shape index (κ1) is 79.5. The summed E-state index contributed by atoms with van der Waals surface area (Å²) in [6.45, 7) is 21.5. The molecule has 26 heteroatoms. The molecule has 12 amide bonds. The van der Waals surface area contributed by atoms with E-state index >= 15 is 4.79 Å². The third-order valence-corrected chi connectivity index (χ3v) is 20.0. The lowest BCUT2D eigenvalue weighted by Crippen LogP contribution is -2.65. The van der Waals surface area contributed by atoms with E-state index in [1.165, 1.54) is 87.6 Å². The summed E-state index contributed by atoms with van der Waals surface area (Å²) in [5, 5.41) is 11.8. The van der Waals surface area contributed by atoms with Gasteiger partial charge in [-0.05, 0) is 148 Å². The maximum atomic E-state index is 15.2. The van der Waals surface area contributed by atoms with Crippen LogP contribution in [0.2, 0.25) is 5.02 Å². The van der Waals surface area contributed by atoms with Gasteiger partial charge < -0.3 is 60.5 Å². The summed E-state index contributed by atoms with van der Waals surface area (Å²) in [7, 11) is 8.47. The van der Waals surface area contributed by atoms with Crippen LogP contribution in [0.5, 0.6) is 0 Å². The number of rotatable bonds is 13. The number of carbonyl (C=O) groups excluding carboxylic acids is 12. The lowest BCUT2D eigenvalue weighted by atomic mass is 9.94. The lowest BCUT2D eigenvalue weighted by molar-refractivity contribution is -0.160. The molecule has 3 fully saturated rings. The molecule has 4 N–H and O–H groups in total. The van der Waals surface area contributed by atoms with Gasteiger partial charge in [-0.2, -0.15) is 0 Å². The van der Waals surface area contributed by atoms with Crippen LogP contribution >= 0.6 is 34.2 Å². The zero-order valence-electron chi connectivity index (χ0n) is 59.1. The maximum Gasteiger partial charge on any atom is 0.246 e. The van der Waals surface area contributed by atoms with Gasteiger partial charge in [0.05, 0.1) is 13.0 Å². The second-order valence-electron chi connectivity index (χ2n) is 27.8. The highest BCUT2D eigenvalue weighted by molar-refractivity contribution is 14.1. The number of amides is 12. The molecule has 5 rings (SSSR count). The Morgan fingerprint density at radius 3 is 1.84 bits per heavy atom. The molecule has 24 nitrogen and oxygen atoms in total. The Bertz CT molecular complexity index is 3180. The van der Waals surface area contributed by atoms with Crippen LogP contribution in [-0.4, -0.2) is 238 Å². The van der Waals surface area contributed by atoms with Crippen LogP contribution in [0, 0.1) is 21.3 Å². The number of piperidine rings is 1. The van der Waals surface area contributed by atoms with E-state index in [-0.39, 0.29) is 56.9 Å². The van der Waals surface area contributed by atoms with Crippen molar-refractivity contribution < 1.29 is 57.5 Å². The average molecular weight is 1470 g/mol. The Kier molecular flexibility index (Phi) is 29.3. The minimum atomic E-state index is -1.73. The highest BCUT2D eigenvalue weighted by Gasteiger charge is 2.47. The highest BCUT2D eigenvalue weighted by Crippen LogP contribution is 2.27. The molecule has 0 radical (unpaired) electrons. The largest absolute Gasteiger partial charge is 0.342 e. The number of carbonyl (C=O) groups is 12. The van der Waals surface area contributed by atoms with Crippen LogP contribution in [0.25, 0.3) is 0 Å². The van der Waals surface area contributed by atoms with Gasteiger partial charge in [0.2, 0.25) is 70.9 Å². The zero-order valence-corrected chi connectivity index (χ0v) is 62.0. The van der Waals surface area contributed by atoms with Crippen LogP contribution in [0.15, 0.2) is 60.7 Å². The number of likely N-dealkylation sites (N-methyl/N-ethyl adjacent to an activating group) is 6. The van der Waals surface area contributed by atoms with E-state index in [0.717, 1.165) is 19.8 Å². The number of hydrogen-bond donors (Lipinski definition) is 4. The van der Waals surface area contributed by atoms with Gasteiger partial charge in [-0.3, -0.25) is 57.5 Å². The fourth-order valence-electron chi connectivity index (χ4n) is 12.2. The molecule has 3 aliphatic rings. The van der Waals surface area contributed by atoms with E-state index in [2.05, 4.69) is 50.4 Å². The van der Waals surface area contributed by atoms with E-state index in [1.807, 2.05) is 46.8 Å². The van der Waals surface area contributed by atoms with E-state index in [0.29, 0.717) is 54.1 Å². The Labute approximate surface area is 586 Å². The molecule has 530 valence electrons. The van der Waals surface area contributed by atoms with Crippen LogP contribution in [0.4, 0.5) is 0 Å². The first-order valence-electron chi connectivity index (χ1n) is 33.4. The highest BCUT2D eigenvalue weighted by atomic mass is 127. The summed E-state index contributed by atoms with van der Waals surface area (Å²) < 4.78 is 0.834. The first-order chi connectivity index (χ1) is 44.9. The van der Waals surface area contributed by atoms with Crippen LogP contribution in [-0.2, 0) is 70.4 Å². The Morgan fingerprint density at radius 2 is 1.28 bits per heavy atom. The fraction of sp³-hybridized carbons (Fsp3) is 0.629. The summed E-state index contributed by atoms with van der Waals surface area (Å²) in [4.78, 5) is 188. The summed E-state index contributed by atoms with van der Waals surface area (Å²) in [6, 6.07) is 2.63. The molecule has 2 aromatic rings. The smallest absolute Gasteiger partial charge is 0.246 e. The molecule has 3 saturated heterocycles. The monoisotopic (exact) mass is 1470 g/mol. The summed E-state index contributed by atoms with van der Waals surface area (Å²) in [6.07, 6.45) is 2.31. The van der Waals surface area contributed by atoms with Crippen molar-refractivity contribution in [1.29, 1.82) is 0 Å². The lowest BCUT2D eigenvalue weighted by Gasteiger charge is -2.45. The van der Waals surface area contributed by atoms with E-state index < -0.39 is 150 Å². The van der Waals surface area contributed by atoms with Gasteiger partial charge in [-0.25, -0.2) is 0 Å². The molecule has 96 heavy (non-hydrogen) atoms. The number of fused-ring (bicyclic) bond motifs is 1. The van der Waals surface area contributed by atoms with E-state index in [1.54, 1.807) is 55.1 Å². The Balaban J connectivity index is 1.64. The number of halogens is 2. The average Bonchev–Trinajstić information content (AvgIpc) is 0.791. The summed E-state index contributed by atoms with van der Waals surface area (Å²) in [5.74, 6) is -8.87. The SMILES string of the molecule is C=C(C)C[C@@H]1NC(=O)[C@H](Cc2cccc(I)c2)NC(=O)CN(C)C(=O)[C@H](Cc2ccc(Cl)cc2)N(C)C(=O)[C@@H]2CCN2C(=O)[C@H](C)N(C)C(=O)[C@H]([C@@H](C)CC)NC(=O)[C@H](CC(C)C)N(C)C(=O)C[C@@H](C(=O)N2CCCCC2)N(C)C(=O)[C@H](CC(C)C)NC(=O)C(C)(C)N(C)C1=O. The normalized spacial score (nSPS) is 25.7. The third-order valence-electron chi connectivity index (χ3n) is 19.0. The maximum absolute atomic E-state index is 15.2. The molecule has 0 saturated carbocycles. The molecule has 0 spiro atoms. The minimum Gasteiger partial charge on any atom is -0.342 e. The standard InChI is InChI=1S/C70H104ClIN12O12/c1-18-44(8)59-68(95)78(13)45(9)62(89)84-32-29-53(84)66(93)81(16)55(38-46-25-27-48(71)28-26-46)65(92)77(12)40-57(85)73-50(37-47-23-22-24-49(72)36-47)60(87)74-52(34-42(4)5)64(91)82(17)70(10,11)69(96)75-51(33-41(2)3)63(90)80(15)56(67(94)83-30-20-19-21-31-83)39-58(86)79(14)54(35-43(6)7)61(88)76-59/h22-28,36,41,43-45,50-56,59H,4,18-21,29-35,37-40H2,1-3,5-17H3,(H,73,85)(H,74,87)(H,75,96)(H,76,88)/t44-,45-,50-,51-,52-,53-,54-,55-,56-,59-/m0/s1. The molecule has 0 aromatic heterocycles.